The monoisotopic (exact) mass is 308 g/mol. The Morgan fingerprint density at radius 3 is 2.05 bits per heavy atom. The lowest BCUT2D eigenvalue weighted by atomic mass is 9.91. The Kier molecular flexibility index (Phi) is 5.99. The molecule has 1 saturated heterocycles. The van der Waals surface area contributed by atoms with E-state index in [2.05, 4.69) is 51.1 Å². The first-order valence-electron chi connectivity index (χ1n) is 8.05. The summed E-state index contributed by atoms with van der Waals surface area (Å²) >= 11 is 0. The second-order valence-electron chi connectivity index (χ2n) is 6.30. The van der Waals surface area contributed by atoms with Crippen molar-refractivity contribution in [1.82, 2.24) is 0 Å². The highest BCUT2D eigenvalue weighted by molar-refractivity contribution is 6.81. The van der Waals surface area contributed by atoms with Crippen molar-refractivity contribution in [3.05, 3.63) is 30.3 Å². The van der Waals surface area contributed by atoms with Crippen LogP contribution in [-0.4, -0.2) is 35.0 Å². The molecule has 0 radical (unpaired) electrons. The van der Waals surface area contributed by atoms with E-state index in [1.165, 1.54) is 5.19 Å². The highest BCUT2D eigenvalue weighted by Crippen LogP contribution is 2.37. The van der Waals surface area contributed by atoms with Crippen LogP contribution in [0.3, 0.4) is 0 Å². The minimum Gasteiger partial charge on any atom is -0.391 e. The van der Waals surface area contributed by atoms with Crippen LogP contribution >= 0.6 is 0 Å². The van der Waals surface area contributed by atoms with Gasteiger partial charge in [-0.1, -0.05) is 51.1 Å². The molecule has 0 unspecified atom stereocenters. The molecule has 0 spiro atoms. The van der Waals surface area contributed by atoms with Crippen molar-refractivity contribution in [3.8, 4) is 0 Å². The van der Waals surface area contributed by atoms with E-state index in [1.807, 2.05) is 0 Å². The predicted molar refractivity (Wildman–Crippen MR) is 88.0 cm³/mol. The zero-order valence-corrected chi connectivity index (χ0v) is 14.6. The summed E-state index contributed by atoms with van der Waals surface area (Å²) in [6, 6.07) is 11.5. The Morgan fingerprint density at radius 2 is 1.62 bits per heavy atom. The number of hydrogen-bond acceptors (Lipinski definition) is 3. The third-order valence-corrected chi connectivity index (χ3v) is 7.73. The zero-order chi connectivity index (χ0) is 15.2. The first-order chi connectivity index (χ1) is 10.1. The SMILES string of the molecule is CCCO[Si](CC1(C)COC1)(OCCC)c1ccccc1. The summed E-state index contributed by atoms with van der Waals surface area (Å²) in [4.78, 5) is 0. The van der Waals surface area contributed by atoms with Crippen molar-refractivity contribution < 1.29 is 13.6 Å². The van der Waals surface area contributed by atoms with Gasteiger partial charge in [-0.15, -0.1) is 0 Å². The summed E-state index contributed by atoms with van der Waals surface area (Å²) in [5.41, 5.74) is 0.198. The van der Waals surface area contributed by atoms with Crippen LogP contribution in [0.15, 0.2) is 30.3 Å². The molecule has 1 aromatic carbocycles. The van der Waals surface area contributed by atoms with Crippen LogP contribution in [0.25, 0.3) is 0 Å². The minimum atomic E-state index is -2.40. The summed E-state index contributed by atoms with van der Waals surface area (Å²) in [6.07, 6.45) is 2.04. The smallest absolute Gasteiger partial charge is 0.373 e. The van der Waals surface area contributed by atoms with Gasteiger partial charge in [-0.05, 0) is 18.0 Å². The summed E-state index contributed by atoms with van der Waals surface area (Å²) in [5.74, 6) is 0. The molecule has 118 valence electrons. The number of hydrogen-bond donors (Lipinski definition) is 0. The molecular weight excluding hydrogens is 280 g/mol. The Balaban J connectivity index is 2.27. The van der Waals surface area contributed by atoms with Crippen LogP contribution in [0, 0.1) is 5.41 Å². The molecule has 1 fully saturated rings. The van der Waals surface area contributed by atoms with Crippen LogP contribution in [0.2, 0.25) is 6.04 Å². The highest BCUT2D eigenvalue weighted by Gasteiger charge is 2.49. The van der Waals surface area contributed by atoms with E-state index in [-0.39, 0.29) is 5.41 Å². The highest BCUT2D eigenvalue weighted by atomic mass is 28.4. The second-order valence-corrected chi connectivity index (χ2v) is 9.31. The summed E-state index contributed by atoms with van der Waals surface area (Å²) in [5, 5.41) is 1.25. The lowest BCUT2D eigenvalue weighted by molar-refractivity contribution is -0.0939. The van der Waals surface area contributed by atoms with Gasteiger partial charge in [0.15, 0.2) is 0 Å². The quantitative estimate of drug-likeness (QED) is 0.656. The fourth-order valence-corrected chi connectivity index (χ4v) is 6.67. The molecule has 0 saturated carbocycles. The Morgan fingerprint density at radius 1 is 1.05 bits per heavy atom. The Bertz CT molecular complexity index is 409. The summed E-state index contributed by atoms with van der Waals surface area (Å²) < 4.78 is 18.2. The van der Waals surface area contributed by atoms with Gasteiger partial charge in [0, 0.05) is 24.7 Å². The predicted octanol–water partition coefficient (Wildman–Crippen LogP) is 3.23. The average molecular weight is 308 g/mol. The van der Waals surface area contributed by atoms with E-state index in [1.54, 1.807) is 0 Å². The van der Waals surface area contributed by atoms with Gasteiger partial charge in [0.05, 0.1) is 13.2 Å². The van der Waals surface area contributed by atoms with Gasteiger partial charge in [-0.2, -0.15) is 0 Å². The Labute approximate surface area is 129 Å². The largest absolute Gasteiger partial charge is 0.391 e. The van der Waals surface area contributed by atoms with Gasteiger partial charge < -0.3 is 13.6 Å². The maximum Gasteiger partial charge on any atom is 0.373 e. The maximum atomic E-state index is 6.40. The van der Waals surface area contributed by atoms with E-state index < -0.39 is 8.56 Å². The van der Waals surface area contributed by atoms with Crippen molar-refractivity contribution in [1.29, 1.82) is 0 Å². The van der Waals surface area contributed by atoms with Gasteiger partial charge in [0.1, 0.15) is 0 Å². The van der Waals surface area contributed by atoms with Crippen molar-refractivity contribution in [2.75, 3.05) is 26.4 Å². The molecule has 0 N–H and O–H groups in total. The second kappa shape index (κ2) is 7.54. The van der Waals surface area contributed by atoms with Crippen LogP contribution < -0.4 is 5.19 Å². The molecule has 1 aromatic rings. The number of ether oxygens (including phenoxy) is 1. The lowest BCUT2D eigenvalue weighted by Gasteiger charge is -2.44. The van der Waals surface area contributed by atoms with Crippen LogP contribution in [0.4, 0.5) is 0 Å². The van der Waals surface area contributed by atoms with Crippen molar-refractivity contribution in [3.63, 3.8) is 0 Å². The topological polar surface area (TPSA) is 27.7 Å². The minimum absolute atomic E-state index is 0.198. The molecular formula is C17H28O3Si. The third-order valence-electron chi connectivity index (χ3n) is 3.85. The standard InChI is InChI=1S/C17H28O3Si/c1-4-11-19-21(20-12-5-2,15-17(3)13-18-14-17)16-9-7-6-8-10-16/h6-10H,4-5,11-15H2,1-3H3. The van der Waals surface area contributed by atoms with E-state index in [9.17, 15) is 0 Å². The van der Waals surface area contributed by atoms with Crippen LogP contribution in [-0.2, 0) is 13.6 Å². The summed E-state index contributed by atoms with van der Waals surface area (Å²) in [6.45, 7) is 9.75. The van der Waals surface area contributed by atoms with Gasteiger partial charge in [0.25, 0.3) is 0 Å². The molecule has 2 rings (SSSR count). The molecule has 0 aromatic heterocycles. The molecule has 0 amide bonds. The molecule has 0 atom stereocenters. The van der Waals surface area contributed by atoms with E-state index in [4.69, 9.17) is 13.6 Å². The first kappa shape index (κ1) is 16.7. The van der Waals surface area contributed by atoms with Crippen molar-refractivity contribution in [2.24, 2.45) is 5.41 Å². The lowest BCUT2D eigenvalue weighted by Crippen LogP contribution is -2.59. The normalized spacial score (nSPS) is 17.5. The third kappa shape index (κ3) is 4.16. The fraction of sp³-hybridized carbons (Fsp3) is 0.647. The zero-order valence-electron chi connectivity index (χ0n) is 13.6. The van der Waals surface area contributed by atoms with Gasteiger partial charge in [0.2, 0.25) is 0 Å². The molecule has 0 bridgehead atoms. The van der Waals surface area contributed by atoms with Crippen molar-refractivity contribution in [2.45, 2.75) is 39.7 Å². The molecule has 0 aliphatic carbocycles. The van der Waals surface area contributed by atoms with E-state index >= 15 is 0 Å². The summed E-state index contributed by atoms with van der Waals surface area (Å²) in [7, 11) is -2.40. The molecule has 3 nitrogen and oxygen atoms in total. The van der Waals surface area contributed by atoms with Gasteiger partial charge in [-0.25, -0.2) is 0 Å². The first-order valence-corrected chi connectivity index (χ1v) is 10.1. The molecule has 4 heteroatoms. The van der Waals surface area contributed by atoms with Crippen molar-refractivity contribution >= 4 is 13.7 Å². The van der Waals surface area contributed by atoms with Gasteiger partial charge >= 0.3 is 8.56 Å². The number of rotatable bonds is 9. The molecule has 1 heterocycles. The fourth-order valence-electron chi connectivity index (χ4n) is 2.75. The van der Waals surface area contributed by atoms with Crippen LogP contribution in [0.5, 0.6) is 0 Å². The maximum absolute atomic E-state index is 6.40. The van der Waals surface area contributed by atoms with Gasteiger partial charge in [-0.3, -0.25) is 0 Å². The molecule has 1 aliphatic heterocycles. The average Bonchev–Trinajstić information content (AvgIpc) is 2.49. The molecule has 1 aliphatic rings. The van der Waals surface area contributed by atoms with Crippen LogP contribution in [0.1, 0.15) is 33.6 Å². The van der Waals surface area contributed by atoms with E-state index in [0.29, 0.717) is 0 Å². The number of benzene rings is 1. The molecule has 21 heavy (non-hydrogen) atoms. The Hall–Kier alpha value is -0.683. The van der Waals surface area contributed by atoms with E-state index in [0.717, 1.165) is 45.3 Å².